The third-order valence-electron chi connectivity index (χ3n) is 2.92. The van der Waals surface area contributed by atoms with Gasteiger partial charge in [0.2, 0.25) is 0 Å². The van der Waals surface area contributed by atoms with Crippen molar-refractivity contribution < 1.29 is 4.74 Å². The van der Waals surface area contributed by atoms with E-state index in [1.807, 2.05) is 0 Å². The first-order chi connectivity index (χ1) is 7.05. The number of hydrogen-bond donors (Lipinski definition) is 1. The van der Waals surface area contributed by atoms with Gasteiger partial charge >= 0.3 is 0 Å². The van der Waals surface area contributed by atoms with Crippen LogP contribution in [0.4, 0.5) is 0 Å². The lowest BCUT2D eigenvalue weighted by Gasteiger charge is -2.28. The highest BCUT2D eigenvalue weighted by atomic mass is 16.5. The van der Waals surface area contributed by atoms with Crippen LogP contribution < -0.4 is 5.32 Å². The van der Waals surface area contributed by atoms with Gasteiger partial charge in [-0.15, -0.1) is 0 Å². The van der Waals surface area contributed by atoms with Crippen molar-refractivity contribution in [2.45, 2.75) is 58.9 Å². The van der Waals surface area contributed by atoms with Crippen molar-refractivity contribution in [2.24, 2.45) is 5.92 Å². The Morgan fingerprint density at radius 1 is 1.27 bits per heavy atom. The van der Waals surface area contributed by atoms with Gasteiger partial charge in [0, 0.05) is 12.6 Å². The summed E-state index contributed by atoms with van der Waals surface area (Å²) in [6, 6.07) is 0. The second-order valence-corrected chi connectivity index (χ2v) is 5.11. The average Bonchev–Trinajstić information content (AvgIpc) is 2.18. The molecule has 0 saturated carbocycles. The molecule has 0 spiro atoms. The molecule has 1 unspecified atom stereocenters. The Bertz CT molecular complexity index is 145. The molecule has 0 aliphatic carbocycles. The summed E-state index contributed by atoms with van der Waals surface area (Å²) in [5.74, 6) is 0.820. The Kier molecular flexibility index (Phi) is 8.07. The maximum atomic E-state index is 5.19. The molecule has 0 bridgehead atoms. The molecule has 1 atom stereocenters. The van der Waals surface area contributed by atoms with Gasteiger partial charge in [-0.25, -0.2) is 0 Å². The van der Waals surface area contributed by atoms with Crippen molar-refractivity contribution in [1.29, 1.82) is 0 Å². The van der Waals surface area contributed by atoms with Crippen LogP contribution in [-0.4, -0.2) is 25.8 Å². The molecule has 2 heteroatoms. The molecule has 0 aromatic rings. The molecule has 15 heavy (non-hydrogen) atoms. The van der Waals surface area contributed by atoms with E-state index in [9.17, 15) is 0 Å². The fourth-order valence-electron chi connectivity index (χ4n) is 1.78. The van der Waals surface area contributed by atoms with Crippen LogP contribution >= 0.6 is 0 Å². The zero-order chi connectivity index (χ0) is 11.7. The Balaban J connectivity index is 3.77. The van der Waals surface area contributed by atoms with Crippen molar-refractivity contribution in [3.63, 3.8) is 0 Å². The summed E-state index contributed by atoms with van der Waals surface area (Å²) in [7, 11) is 1.76. The second kappa shape index (κ2) is 8.12. The van der Waals surface area contributed by atoms with Crippen molar-refractivity contribution in [3.05, 3.63) is 0 Å². The highest BCUT2D eigenvalue weighted by Gasteiger charge is 2.18. The fraction of sp³-hybridized carbons (Fsp3) is 1.00. The van der Waals surface area contributed by atoms with Gasteiger partial charge < -0.3 is 10.1 Å². The highest BCUT2D eigenvalue weighted by Crippen LogP contribution is 2.13. The second-order valence-electron chi connectivity index (χ2n) is 5.11. The molecule has 0 aromatic carbocycles. The van der Waals surface area contributed by atoms with Crippen molar-refractivity contribution in [2.75, 3.05) is 20.3 Å². The summed E-state index contributed by atoms with van der Waals surface area (Å²) in [6.45, 7) is 10.8. The van der Waals surface area contributed by atoms with Gasteiger partial charge in [-0.05, 0) is 32.7 Å². The first-order valence-electron chi connectivity index (χ1n) is 6.29. The molecule has 1 N–H and O–H groups in total. The molecule has 0 amide bonds. The SMILES string of the molecule is CCCCC(CC)CNC(C)(C)COC. The number of unbranched alkanes of at least 4 members (excludes halogenated alkanes) is 1. The summed E-state index contributed by atoms with van der Waals surface area (Å²) in [5.41, 5.74) is 0.106. The van der Waals surface area contributed by atoms with Gasteiger partial charge in [0.15, 0.2) is 0 Å². The standard InChI is InChI=1S/C13H29NO/c1-6-8-9-12(7-2)10-14-13(3,4)11-15-5/h12,14H,6-11H2,1-5H3. The van der Waals surface area contributed by atoms with E-state index < -0.39 is 0 Å². The lowest BCUT2D eigenvalue weighted by Crippen LogP contribution is -2.45. The van der Waals surface area contributed by atoms with E-state index in [2.05, 4.69) is 33.0 Å². The molecule has 0 heterocycles. The molecule has 0 radical (unpaired) electrons. The van der Waals surface area contributed by atoms with Crippen molar-refractivity contribution in [3.8, 4) is 0 Å². The predicted octanol–water partition coefficient (Wildman–Crippen LogP) is 3.22. The van der Waals surface area contributed by atoms with E-state index in [1.54, 1.807) is 7.11 Å². The summed E-state index contributed by atoms with van der Waals surface area (Å²) < 4.78 is 5.19. The minimum atomic E-state index is 0.106. The fourth-order valence-corrected chi connectivity index (χ4v) is 1.78. The van der Waals surface area contributed by atoms with Crippen LogP contribution in [-0.2, 0) is 4.74 Å². The summed E-state index contributed by atoms with van der Waals surface area (Å²) in [6.07, 6.45) is 5.28. The first-order valence-corrected chi connectivity index (χ1v) is 6.29. The van der Waals surface area contributed by atoms with Gasteiger partial charge in [-0.2, -0.15) is 0 Å². The smallest absolute Gasteiger partial charge is 0.0639 e. The van der Waals surface area contributed by atoms with E-state index in [0.29, 0.717) is 0 Å². The van der Waals surface area contributed by atoms with Gasteiger partial charge in [0.05, 0.1) is 6.61 Å². The van der Waals surface area contributed by atoms with E-state index in [4.69, 9.17) is 4.74 Å². The van der Waals surface area contributed by atoms with E-state index in [1.165, 1.54) is 25.7 Å². The summed E-state index contributed by atoms with van der Waals surface area (Å²) in [5, 5.41) is 3.59. The zero-order valence-corrected chi connectivity index (χ0v) is 11.2. The van der Waals surface area contributed by atoms with Gasteiger partial charge in [0.1, 0.15) is 0 Å². The van der Waals surface area contributed by atoms with E-state index in [-0.39, 0.29) is 5.54 Å². The predicted molar refractivity (Wildman–Crippen MR) is 67.3 cm³/mol. The summed E-state index contributed by atoms with van der Waals surface area (Å²) >= 11 is 0. The monoisotopic (exact) mass is 215 g/mol. The molecule has 0 saturated heterocycles. The van der Waals surface area contributed by atoms with Crippen LogP contribution in [0.3, 0.4) is 0 Å². The molecule has 2 nitrogen and oxygen atoms in total. The third kappa shape index (κ3) is 7.80. The normalized spacial score (nSPS) is 14.2. The van der Waals surface area contributed by atoms with Crippen molar-refractivity contribution in [1.82, 2.24) is 5.32 Å². The van der Waals surface area contributed by atoms with E-state index in [0.717, 1.165) is 19.1 Å². The maximum absolute atomic E-state index is 5.19. The number of methoxy groups -OCH3 is 1. The number of ether oxygens (including phenoxy) is 1. The van der Waals surface area contributed by atoms with Crippen LogP contribution in [0.15, 0.2) is 0 Å². The van der Waals surface area contributed by atoms with Gasteiger partial charge in [-0.3, -0.25) is 0 Å². The Labute approximate surface area is 95.8 Å². The lowest BCUT2D eigenvalue weighted by atomic mass is 9.97. The van der Waals surface area contributed by atoms with Gasteiger partial charge in [0.25, 0.3) is 0 Å². The molecule has 0 fully saturated rings. The molecule has 0 aromatic heterocycles. The quantitative estimate of drug-likeness (QED) is 0.637. The minimum absolute atomic E-state index is 0.106. The Morgan fingerprint density at radius 2 is 1.93 bits per heavy atom. The molecule has 92 valence electrons. The number of rotatable bonds is 9. The van der Waals surface area contributed by atoms with Crippen LogP contribution in [0.5, 0.6) is 0 Å². The van der Waals surface area contributed by atoms with Crippen LogP contribution in [0, 0.1) is 5.92 Å². The molecule has 0 rings (SSSR count). The summed E-state index contributed by atoms with van der Waals surface area (Å²) in [4.78, 5) is 0. The largest absolute Gasteiger partial charge is 0.383 e. The lowest BCUT2D eigenvalue weighted by molar-refractivity contribution is 0.125. The van der Waals surface area contributed by atoms with Crippen LogP contribution in [0.25, 0.3) is 0 Å². The van der Waals surface area contributed by atoms with Crippen molar-refractivity contribution >= 4 is 0 Å². The van der Waals surface area contributed by atoms with E-state index >= 15 is 0 Å². The van der Waals surface area contributed by atoms with Gasteiger partial charge in [-0.1, -0.05) is 33.1 Å². The van der Waals surface area contributed by atoms with Crippen LogP contribution in [0.1, 0.15) is 53.4 Å². The van der Waals surface area contributed by atoms with Crippen LogP contribution in [0.2, 0.25) is 0 Å². The topological polar surface area (TPSA) is 21.3 Å². The maximum Gasteiger partial charge on any atom is 0.0639 e. The number of hydrogen-bond acceptors (Lipinski definition) is 2. The highest BCUT2D eigenvalue weighted by molar-refractivity contribution is 4.78. The Morgan fingerprint density at radius 3 is 2.40 bits per heavy atom. The molecule has 0 aliphatic rings. The first kappa shape index (κ1) is 14.9. The third-order valence-corrected chi connectivity index (χ3v) is 2.92. The molecular formula is C13H29NO. The molecule has 0 aliphatic heterocycles. The average molecular weight is 215 g/mol. The minimum Gasteiger partial charge on any atom is -0.383 e. The number of nitrogens with one attached hydrogen (secondary N) is 1. The molecular weight excluding hydrogens is 186 g/mol. The zero-order valence-electron chi connectivity index (χ0n) is 11.2. The Hall–Kier alpha value is -0.0800.